The molecule has 2 heterocycles. The zero-order chi connectivity index (χ0) is 21.1. The number of hydrogen-bond acceptors (Lipinski definition) is 4. The van der Waals surface area contributed by atoms with Gasteiger partial charge < -0.3 is 10.2 Å². The molecule has 0 radical (unpaired) electrons. The molecule has 0 fully saturated rings. The van der Waals surface area contributed by atoms with E-state index in [1.165, 1.54) is 4.90 Å². The lowest BCUT2D eigenvalue weighted by Crippen LogP contribution is -2.24. The predicted molar refractivity (Wildman–Crippen MR) is 112 cm³/mol. The number of aryl methyl sites for hydroxylation is 3. The molecule has 2 amide bonds. The summed E-state index contributed by atoms with van der Waals surface area (Å²) in [7, 11) is 3.45. The fourth-order valence-corrected chi connectivity index (χ4v) is 3.35. The van der Waals surface area contributed by atoms with Gasteiger partial charge in [-0.15, -0.1) is 0 Å². The van der Waals surface area contributed by atoms with Crippen LogP contribution >= 0.6 is 0 Å². The Bertz CT molecular complexity index is 1050. The van der Waals surface area contributed by atoms with Crippen LogP contribution in [-0.2, 0) is 17.8 Å². The van der Waals surface area contributed by atoms with E-state index in [-0.39, 0.29) is 11.8 Å². The van der Waals surface area contributed by atoms with Gasteiger partial charge in [-0.3, -0.25) is 9.59 Å². The number of fused-ring (bicyclic) bond motifs is 1. The van der Waals surface area contributed by atoms with Crippen molar-refractivity contribution in [1.82, 2.24) is 24.8 Å². The fourth-order valence-electron chi connectivity index (χ4n) is 3.35. The van der Waals surface area contributed by atoms with Gasteiger partial charge in [0.05, 0.1) is 5.69 Å². The summed E-state index contributed by atoms with van der Waals surface area (Å²) in [5.41, 5.74) is 6.36. The van der Waals surface area contributed by atoms with E-state index in [1.807, 2.05) is 43.5 Å². The van der Waals surface area contributed by atoms with Gasteiger partial charge in [-0.2, -0.15) is 5.10 Å². The molecular formula is C22H27N5O2. The Morgan fingerprint density at radius 3 is 2.45 bits per heavy atom. The number of nitrogens with one attached hydrogen (secondary N) is 1. The van der Waals surface area contributed by atoms with Crippen LogP contribution in [-0.4, -0.2) is 45.4 Å². The molecule has 0 aliphatic heterocycles. The van der Waals surface area contributed by atoms with Crippen molar-refractivity contribution in [2.45, 2.75) is 40.2 Å². The molecule has 0 atom stereocenters. The predicted octanol–water partition coefficient (Wildman–Crippen LogP) is 2.61. The lowest BCUT2D eigenvalue weighted by atomic mass is 10.1. The summed E-state index contributed by atoms with van der Waals surface area (Å²) in [4.78, 5) is 30.4. The molecule has 0 aliphatic carbocycles. The van der Waals surface area contributed by atoms with E-state index in [9.17, 15) is 9.59 Å². The summed E-state index contributed by atoms with van der Waals surface area (Å²) in [5.74, 6) is -0.0572. The van der Waals surface area contributed by atoms with Crippen molar-refractivity contribution in [2.24, 2.45) is 0 Å². The summed E-state index contributed by atoms with van der Waals surface area (Å²) in [6.45, 7) is 6.36. The molecule has 0 saturated carbocycles. The van der Waals surface area contributed by atoms with Gasteiger partial charge in [0.2, 0.25) is 5.91 Å². The van der Waals surface area contributed by atoms with Gasteiger partial charge in [-0.1, -0.05) is 12.1 Å². The van der Waals surface area contributed by atoms with Crippen molar-refractivity contribution >= 4 is 17.5 Å². The SMILES string of the molecule is Cc1cc2nc(C)c(CCC(=O)NCc3ccc(C(=O)N(C)C)cc3)c(C)n2n1. The average molecular weight is 393 g/mol. The molecule has 0 bridgehead atoms. The Morgan fingerprint density at radius 2 is 1.79 bits per heavy atom. The Labute approximate surface area is 170 Å². The maximum absolute atomic E-state index is 12.3. The third kappa shape index (κ3) is 4.62. The first-order valence-electron chi connectivity index (χ1n) is 9.66. The van der Waals surface area contributed by atoms with Crippen LogP contribution < -0.4 is 5.32 Å². The minimum Gasteiger partial charge on any atom is -0.352 e. The number of benzene rings is 1. The Hall–Kier alpha value is -3.22. The van der Waals surface area contributed by atoms with Gasteiger partial charge in [-0.25, -0.2) is 9.50 Å². The highest BCUT2D eigenvalue weighted by atomic mass is 16.2. The van der Waals surface area contributed by atoms with E-state index < -0.39 is 0 Å². The Kier molecular flexibility index (Phi) is 5.96. The van der Waals surface area contributed by atoms with Crippen molar-refractivity contribution in [2.75, 3.05) is 14.1 Å². The van der Waals surface area contributed by atoms with Crippen molar-refractivity contribution in [3.05, 3.63) is 64.1 Å². The first kappa shape index (κ1) is 20.5. The van der Waals surface area contributed by atoms with Gasteiger partial charge in [0.15, 0.2) is 5.65 Å². The van der Waals surface area contributed by atoms with Crippen LogP contribution in [0, 0.1) is 20.8 Å². The minimum atomic E-state index is -0.0377. The molecule has 0 unspecified atom stereocenters. The van der Waals surface area contributed by atoms with Crippen LogP contribution in [0.3, 0.4) is 0 Å². The molecule has 0 aliphatic rings. The number of rotatable bonds is 6. The van der Waals surface area contributed by atoms with Crippen molar-refractivity contribution in [1.29, 1.82) is 0 Å². The first-order chi connectivity index (χ1) is 13.8. The fraction of sp³-hybridized carbons (Fsp3) is 0.364. The lowest BCUT2D eigenvalue weighted by molar-refractivity contribution is -0.121. The monoisotopic (exact) mass is 393 g/mol. The highest BCUT2D eigenvalue weighted by molar-refractivity contribution is 5.93. The van der Waals surface area contributed by atoms with Gasteiger partial charge >= 0.3 is 0 Å². The van der Waals surface area contributed by atoms with E-state index in [0.717, 1.165) is 33.9 Å². The van der Waals surface area contributed by atoms with Gasteiger partial charge in [0, 0.05) is 50.1 Å². The van der Waals surface area contributed by atoms with Gasteiger partial charge in [0.1, 0.15) is 0 Å². The molecular weight excluding hydrogens is 366 g/mol. The number of nitrogens with zero attached hydrogens (tertiary/aromatic N) is 4. The summed E-state index contributed by atoms with van der Waals surface area (Å²) in [6, 6.07) is 9.24. The molecule has 29 heavy (non-hydrogen) atoms. The number of carbonyl (C=O) groups is 2. The highest BCUT2D eigenvalue weighted by Crippen LogP contribution is 2.17. The maximum atomic E-state index is 12.3. The summed E-state index contributed by atoms with van der Waals surface area (Å²) < 4.78 is 1.84. The van der Waals surface area contributed by atoms with Gasteiger partial charge in [-0.05, 0) is 50.5 Å². The third-order valence-corrected chi connectivity index (χ3v) is 4.98. The lowest BCUT2D eigenvalue weighted by Gasteiger charge is -2.12. The van der Waals surface area contributed by atoms with E-state index in [0.29, 0.717) is 24.9 Å². The molecule has 1 aromatic carbocycles. The number of amides is 2. The quantitative estimate of drug-likeness (QED) is 0.698. The van der Waals surface area contributed by atoms with Crippen LogP contribution in [0.5, 0.6) is 0 Å². The van der Waals surface area contributed by atoms with E-state index in [4.69, 9.17) is 0 Å². The van der Waals surface area contributed by atoms with Crippen molar-refractivity contribution in [3.63, 3.8) is 0 Å². The second-order valence-corrected chi connectivity index (χ2v) is 7.49. The molecule has 3 aromatic rings. The zero-order valence-electron chi connectivity index (χ0n) is 17.6. The second kappa shape index (κ2) is 8.43. The van der Waals surface area contributed by atoms with E-state index >= 15 is 0 Å². The standard InChI is InChI=1S/C22H27N5O2/c1-14-12-20-24-15(2)19(16(3)27(20)25-14)10-11-21(28)23-13-17-6-8-18(9-7-17)22(29)26(4)5/h6-9,12H,10-11,13H2,1-5H3,(H,23,28). The normalized spacial score (nSPS) is 10.9. The minimum absolute atomic E-state index is 0.0195. The second-order valence-electron chi connectivity index (χ2n) is 7.49. The average Bonchev–Trinajstić information content (AvgIpc) is 3.06. The van der Waals surface area contributed by atoms with Crippen LogP contribution in [0.15, 0.2) is 30.3 Å². The zero-order valence-corrected chi connectivity index (χ0v) is 17.6. The number of aromatic nitrogens is 3. The number of carbonyl (C=O) groups excluding carboxylic acids is 2. The summed E-state index contributed by atoms with van der Waals surface area (Å²) in [6.07, 6.45) is 0.994. The van der Waals surface area contributed by atoms with Crippen molar-refractivity contribution in [3.8, 4) is 0 Å². The molecule has 3 rings (SSSR count). The molecule has 7 heteroatoms. The topological polar surface area (TPSA) is 79.6 Å². The summed E-state index contributed by atoms with van der Waals surface area (Å²) in [5, 5.41) is 7.42. The smallest absolute Gasteiger partial charge is 0.253 e. The largest absolute Gasteiger partial charge is 0.352 e. The molecule has 0 spiro atoms. The van der Waals surface area contributed by atoms with Crippen LogP contribution in [0.1, 0.15) is 45.0 Å². The van der Waals surface area contributed by atoms with Crippen molar-refractivity contribution < 1.29 is 9.59 Å². The summed E-state index contributed by atoms with van der Waals surface area (Å²) >= 11 is 0. The molecule has 1 N–H and O–H groups in total. The Balaban J connectivity index is 1.58. The first-order valence-corrected chi connectivity index (χ1v) is 9.66. The highest BCUT2D eigenvalue weighted by Gasteiger charge is 2.13. The Morgan fingerprint density at radius 1 is 1.10 bits per heavy atom. The molecule has 2 aromatic heterocycles. The van der Waals surface area contributed by atoms with E-state index in [1.54, 1.807) is 26.2 Å². The van der Waals surface area contributed by atoms with E-state index in [2.05, 4.69) is 15.4 Å². The van der Waals surface area contributed by atoms with Crippen LogP contribution in [0.2, 0.25) is 0 Å². The third-order valence-electron chi connectivity index (χ3n) is 4.98. The maximum Gasteiger partial charge on any atom is 0.253 e. The molecule has 7 nitrogen and oxygen atoms in total. The van der Waals surface area contributed by atoms with Crippen LogP contribution in [0.25, 0.3) is 5.65 Å². The van der Waals surface area contributed by atoms with Gasteiger partial charge in [0.25, 0.3) is 5.91 Å². The molecule has 0 saturated heterocycles. The van der Waals surface area contributed by atoms with Crippen LogP contribution in [0.4, 0.5) is 0 Å². The molecule has 152 valence electrons. The number of hydrogen-bond donors (Lipinski definition) is 1.